The van der Waals surface area contributed by atoms with Gasteiger partial charge in [0.2, 0.25) is 0 Å². The number of ether oxygens (including phenoxy) is 2. The molecule has 94 valence electrons. The van der Waals surface area contributed by atoms with Gasteiger partial charge in [-0.3, -0.25) is 0 Å². The first-order valence-electron chi connectivity index (χ1n) is 5.89. The lowest BCUT2D eigenvalue weighted by molar-refractivity contribution is 0.0725. The van der Waals surface area contributed by atoms with Crippen molar-refractivity contribution in [3.8, 4) is 5.75 Å². The van der Waals surface area contributed by atoms with Crippen LogP contribution in [0.2, 0.25) is 0 Å². The third kappa shape index (κ3) is 4.10. The molecule has 0 spiro atoms. The number of hydrogen-bond donors (Lipinski definition) is 0. The van der Waals surface area contributed by atoms with Crippen molar-refractivity contribution in [2.45, 2.75) is 46.6 Å². The van der Waals surface area contributed by atoms with Gasteiger partial charge in [0.15, 0.2) is 0 Å². The number of rotatable bonds is 3. The van der Waals surface area contributed by atoms with Crippen LogP contribution in [0.15, 0.2) is 18.2 Å². The fourth-order valence-corrected chi connectivity index (χ4v) is 1.51. The minimum Gasteiger partial charge on any atom is -0.431 e. The number of aryl methyl sites for hydroxylation is 1. The number of hydrogen-bond acceptors (Lipinski definition) is 3. The Balaban J connectivity index is 2.88. The molecule has 0 atom stereocenters. The summed E-state index contributed by atoms with van der Waals surface area (Å²) in [6, 6.07) is 5.85. The van der Waals surface area contributed by atoms with Gasteiger partial charge in [-0.1, -0.05) is 26.0 Å². The summed E-state index contributed by atoms with van der Waals surface area (Å²) in [5, 5.41) is 0. The quantitative estimate of drug-likeness (QED) is 0.587. The lowest BCUT2D eigenvalue weighted by Crippen LogP contribution is -2.16. The third-order valence-corrected chi connectivity index (χ3v) is 2.32. The SMILES string of the molecule is Cc1ccc(C(C)C)c(OC(=O)OC(C)C)c1. The molecular weight excluding hydrogens is 216 g/mol. The van der Waals surface area contributed by atoms with Gasteiger partial charge >= 0.3 is 6.16 Å². The van der Waals surface area contributed by atoms with E-state index in [1.165, 1.54) is 0 Å². The third-order valence-electron chi connectivity index (χ3n) is 2.32. The van der Waals surface area contributed by atoms with Crippen molar-refractivity contribution < 1.29 is 14.3 Å². The Kier molecular flexibility index (Phi) is 4.55. The van der Waals surface area contributed by atoms with Gasteiger partial charge in [0.05, 0.1) is 6.10 Å². The average molecular weight is 236 g/mol. The molecule has 0 unspecified atom stereocenters. The van der Waals surface area contributed by atoms with Gasteiger partial charge in [0.1, 0.15) is 5.75 Å². The molecule has 0 radical (unpaired) electrons. The molecule has 0 N–H and O–H groups in total. The van der Waals surface area contributed by atoms with Gasteiger partial charge in [-0.25, -0.2) is 4.79 Å². The molecule has 1 rings (SSSR count). The van der Waals surface area contributed by atoms with E-state index in [2.05, 4.69) is 13.8 Å². The van der Waals surface area contributed by atoms with E-state index in [0.717, 1.165) is 11.1 Å². The number of carbonyl (C=O) groups is 1. The van der Waals surface area contributed by atoms with Gasteiger partial charge in [-0.05, 0) is 43.9 Å². The highest BCUT2D eigenvalue weighted by Gasteiger charge is 2.13. The Bertz CT molecular complexity index is 394. The zero-order chi connectivity index (χ0) is 13.0. The fourth-order valence-electron chi connectivity index (χ4n) is 1.51. The van der Waals surface area contributed by atoms with Crippen molar-refractivity contribution in [2.75, 3.05) is 0 Å². The molecule has 0 aliphatic heterocycles. The Morgan fingerprint density at radius 1 is 1.18 bits per heavy atom. The van der Waals surface area contributed by atoms with Crippen molar-refractivity contribution in [1.82, 2.24) is 0 Å². The Morgan fingerprint density at radius 2 is 1.82 bits per heavy atom. The molecule has 0 aliphatic rings. The maximum absolute atomic E-state index is 11.5. The van der Waals surface area contributed by atoms with Crippen LogP contribution < -0.4 is 4.74 Å². The highest BCUT2D eigenvalue weighted by atomic mass is 16.7. The first kappa shape index (κ1) is 13.6. The van der Waals surface area contributed by atoms with E-state index in [4.69, 9.17) is 9.47 Å². The second-order valence-corrected chi connectivity index (χ2v) is 4.71. The number of benzene rings is 1. The topological polar surface area (TPSA) is 35.5 Å². The van der Waals surface area contributed by atoms with Crippen LogP contribution in [-0.4, -0.2) is 12.3 Å². The largest absolute Gasteiger partial charge is 0.514 e. The van der Waals surface area contributed by atoms with Crippen molar-refractivity contribution >= 4 is 6.16 Å². The molecule has 17 heavy (non-hydrogen) atoms. The predicted octanol–water partition coefficient (Wildman–Crippen LogP) is 4.04. The lowest BCUT2D eigenvalue weighted by Gasteiger charge is -2.14. The van der Waals surface area contributed by atoms with Crippen molar-refractivity contribution in [1.29, 1.82) is 0 Å². The first-order valence-corrected chi connectivity index (χ1v) is 5.89. The minimum absolute atomic E-state index is 0.171. The summed E-state index contributed by atoms with van der Waals surface area (Å²) in [5.41, 5.74) is 2.07. The van der Waals surface area contributed by atoms with E-state index < -0.39 is 6.16 Å². The second-order valence-electron chi connectivity index (χ2n) is 4.71. The van der Waals surface area contributed by atoms with Crippen LogP contribution in [0.5, 0.6) is 5.75 Å². The minimum atomic E-state index is -0.646. The van der Waals surface area contributed by atoms with E-state index in [0.29, 0.717) is 11.7 Å². The van der Waals surface area contributed by atoms with Crippen LogP contribution in [0.4, 0.5) is 4.79 Å². The maximum atomic E-state index is 11.5. The summed E-state index contributed by atoms with van der Waals surface area (Å²) in [6.45, 7) is 9.67. The molecule has 1 aromatic carbocycles. The summed E-state index contributed by atoms with van der Waals surface area (Å²) in [5.74, 6) is 0.892. The van der Waals surface area contributed by atoms with Crippen LogP contribution >= 0.6 is 0 Å². The first-order chi connectivity index (χ1) is 7.90. The zero-order valence-electron chi connectivity index (χ0n) is 11.1. The normalized spacial score (nSPS) is 10.8. The van der Waals surface area contributed by atoms with Gasteiger partial charge in [-0.15, -0.1) is 0 Å². The molecule has 0 fully saturated rings. The molecular formula is C14H20O3. The highest BCUT2D eigenvalue weighted by molar-refractivity contribution is 5.65. The molecule has 0 saturated carbocycles. The van der Waals surface area contributed by atoms with Crippen LogP contribution in [-0.2, 0) is 4.74 Å². The molecule has 1 aromatic rings. The molecule has 0 aliphatic carbocycles. The van der Waals surface area contributed by atoms with Crippen LogP contribution in [0, 0.1) is 6.92 Å². The maximum Gasteiger partial charge on any atom is 0.514 e. The van der Waals surface area contributed by atoms with Gasteiger partial charge < -0.3 is 9.47 Å². The fraction of sp³-hybridized carbons (Fsp3) is 0.500. The van der Waals surface area contributed by atoms with Crippen molar-refractivity contribution in [3.63, 3.8) is 0 Å². The average Bonchev–Trinajstić information content (AvgIpc) is 2.15. The monoisotopic (exact) mass is 236 g/mol. The molecule has 0 saturated heterocycles. The van der Waals surface area contributed by atoms with E-state index in [9.17, 15) is 4.79 Å². The van der Waals surface area contributed by atoms with E-state index in [1.807, 2.05) is 25.1 Å². The molecule has 0 bridgehead atoms. The second kappa shape index (κ2) is 5.71. The van der Waals surface area contributed by atoms with Gasteiger partial charge in [-0.2, -0.15) is 0 Å². The van der Waals surface area contributed by atoms with E-state index in [-0.39, 0.29) is 6.10 Å². The number of carbonyl (C=O) groups excluding carboxylic acids is 1. The summed E-state index contributed by atoms with van der Waals surface area (Å²) in [6.07, 6.45) is -0.817. The van der Waals surface area contributed by atoms with E-state index >= 15 is 0 Å². The lowest BCUT2D eigenvalue weighted by atomic mass is 10.0. The Labute approximate surface area is 103 Å². The summed E-state index contributed by atoms with van der Waals surface area (Å²) >= 11 is 0. The Morgan fingerprint density at radius 3 is 2.35 bits per heavy atom. The molecule has 0 heterocycles. The molecule has 3 heteroatoms. The van der Waals surface area contributed by atoms with Crippen molar-refractivity contribution in [3.05, 3.63) is 29.3 Å². The summed E-state index contributed by atoms with van der Waals surface area (Å²) in [7, 11) is 0. The van der Waals surface area contributed by atoms with Gasteiger partial charge in [0.25, 0.3) is 0 Å². The summed E-state index contributed by atoms with van der Waals surface area (Å²) in [4.78, 5) is 11.5. The Hall–Kier alpha value is -1.51. The highest BCUT2D eigenvalue weighted by Crippen LogP contribution is 2.27. The van der Waals surface area contributed by atoms with Crippen LogP contribution in [0.1, 0.15) is 44.7 Å². The van der Waals surface area contributed by atoms with Crippen LogP contribution in [0.3, 0.4) is 0 Å². The van der Waals surface area contributed by atoms with E-state index in [1.54, 1.807) is 13.8 Å². The molecule has 0 amide bonds. The summed E-state index contributed by atoms with van der Waals surface area (Å²) < 4.78 is 10.2. The smallest absolute Gasteiger partial charge is 0.431 e. The predicted molar refractivity (Wildman–Crippen MR) is 67.5 cm³/mol. The van der Waals surface area contributed by atoms with Crippen molar-refractivity contribution in [2.24, 2.45) is 0 Å². The van der Waals surface area contributed by atoms with Crippen LogP contribution in [0.25, 0.3) is 0 Å². The zero-order valence-corrected chi connectivity index (χ0v) is 11.1. The molecule has 0 aromatic heterocycles. The van der Waals surface area contributed by atoms with Gasteiger partial charge in [0, 0.05) is 0 Å². The standard InChI is InChI=1S/C14H20O3/c1-9(2)12-7-6-11(5)8-13(12)17-14(15)16-10(3)4/h6-10H,1-5H3. The molecule has 3 nitrogen and oxygen atoms in total.